The maximum atomic E-state index is 10.6. The van der Waals surface area contributed by atoms with Crippen LogP contribution in [0.4, 0.5) is 0 Å². The van der Waals surface area contributed by atoms with Crippen molar-refractivity contribution in [2.75, 3.05) is 26.3 Å². The van der Waals surface area contributed by atoms with Crippen LogP contribution in [0.25, 0.3) is 11.3 Å². The Morgan fingerprint density at radius 1 is 1.21 bits per heavy atom. The summed E-state index contributed by atoms with van der Waals surface area (Å²) in [7, 11) is 1.89. The topological polar surface area (TPSA) is 59.8 Å². The summed E-state index contributed by atoms with van der Waals surface area (Å²) in [6.07, 6.45) is 3.56. The Labute approximate surface area is 206 Å². The highest BCUT2D eigenvalue weighted by molar-refractivity contribution is 6.30. The highest BCUT2D eigenvalue weighted by Crippen LogP contribution is 2.36. The quantitative estimate of drug-likeness (QED) is 0.265. The molecule has 1 atom stereocenters. The molecule has 0 unspecified atom stereocenters. The van der Waals surface area contributed by atoms with Crippen LogP contribution < -0.4 is 4.74 Å². The van der Waals surface area contributed by atoms with Crippen LogP contribution in [0, 0.1) is 5.92 Å². The largest absolute Gasteiger partial charge is 0.439 e. The molecule has 4 rings (SSSR count). The Balaban J connectivity index is 1.63. The van der Waals surface area contributed by atoms with E-state index in [-0.39, 0.29) is 6.61 Å². The van der Waals surface area contributed by atoms with Crippen LogP contribution in [0.3, 0.4) is 0 Å². The van der Waals surface area contributed by atoms with Crippen molar-refractivity contribution >= 4 is 11.6 Å². The van der Waals surface area contributed by atoms with Crippen molar-refractivity contribution in [3.63, 3.8) is 0 Å². The number of aromatic nitrogens is 2. The summed E-state index contributed by atoms with van der Waals surface area (Å²) in [6, 6.07) is 17.5. The van der Waals surface area contributed by atoms with E-state index in [0.29, 0.717) is 42.3 Å². The third kappa shape index (κ3) is 6.70. The van der Waals surface area contributed by atoms with Gasteiger partial charge in [-0.15, -0.1) is 6.58 Å². The molecule has 0 spiro atoms. The number of hydrogen-bond donors (Lipinski definition) is 1. The monoisotopic (exact) mass is 481 g/mol. The Morgan fingerprint density at radius 3 is 2.62 bits per heavy atom. The van der Waals surface area contributed by atoms with Gasteiger partial charge in [-0.05, 0) is 43.0 Å². The van der Waals surface area contributed by atoms with E-state index in [1.54, 1.807) is 10.8 Å². The second kappa shape index (κ2) is 11.7. The zero-order chi connectivity index (χ0) is 23.9. The molecule has 0 radical (unpaired) electrons. The standard InChI is InChI=1S/C27H32ClN3O3/c1-3-15-33-19-23(32)17-31(16-20-9-10-20)18-25-26(21-7-5-4-6-8-21)29-30(2)27(25)34-24-13-11-22(28)12-14-24/h3-8,11-14,20,23,32H,1,9-10,15-19H2,2H3/t23-/m0/s1. The fraction of sp³-hybridized carbons (Fsp3) is 0.370. The average molecular weight is 482 g/mol. The van der Waals surface area contributed by atoms with Crippen molar-refractivity contribution in [1.29, 1.82) is 0 Å². The van der Waals surface area contributed by atoms with Gasteiger partial charge in [0, 0.05) is 37.3 Å². The number of ether oxygens (including phenoxy) is 2. The summed E-state index contributed by atoms with van der Waals surface area (Å²) >= 11 is 6.06. The molecule has 1 N–H and O–H groups in total. The Morgan fingerprint density at radius 2 is 1.94 bits per heavy atom. The summed E-state index contributed by atoms with van der Waals surface area (Å²) in [5.41, 5.74) is 2.90. The van der Waals surface area contributed by atoms with Crippen LogP contribution in [-0.2, 0) is 18.3 Å². The van der Waals surface area contributed by atoms with E-state index in [4.69, 9.17) is 26.2 Å². The first-order chi connectivity index (χ1) is 16.5. The highest BCUT2D eigenvalue weighted by Gasteiger charge is 2.28. The lowest BCUT2D eigenvalue weighted by Gasteiger charge is -2.25. The van der Waals surface area contributed by atoms with Crippen LogP contribution in [0.2, 0.25) is 5.02 Å². The lowest BCUT2D eigenvalue weighted by Crippen LogP contribution is -2.36. The molecule has 1 aliphatic carbocycles. The number of hydrogen-bond acceptors (Lipinski definition) is 5. The maximum Gasteiger partial charge on any atom is 0.222 e. The summed E-state index contributed by atoms with van der Waals surface area (Å²) in [5, 5.41) is 16.1. The van der Waals surface area contributed by atoms with E-state index in [1.807, 2.05) is 49.5 Å². The molecule has 180 valence electrons. The van der Waals surface area contributed by atoms with Gasteiger partial charge in [-0.1, -0.05) is 48.0 Å². The molecule has 0 bridgehead atoms. The van der Waals surface area contributed by atoms with Gasteiger partial charge in [0.2, 0.25) is 5.88 Å². The van der Waals surface area contributed by atoms with Gasteiger partial charge >= 0.3 is 0 Å². The fourth-order valence-electron chi connectivity index (χ4n) is 4.00. The van der Waals surface area contributed by atoms with Crippen molar-refractivity contribution in [3.8, 4) is 22.9 Å². The second-order valence-corrected chi connectivity index (χ2v) is 9.23. The van der Waals surface area contributed by atoms with Gasteiger partial charge in [-0.2, -0.15) is 5.10 Å². The molecule has 3 aromatic rings. The minimum absolute atomic E-state index is 0.278. The van der Waals surface area contributed by atoms with Gasteiger partial charge in [0.15, 0.2) is 0 Å². The number of nitrogens with zero attached hydrogens (tertiary/aromatic N) is 3. The van der Waals surface area contributed by atoms with Gasteiger partial charge in [-0.25, -0.2) is 4.68 Å². The molecule has 1 aromatic heterocycles. The molecule has 1 heterocycles. The molecule has 1 aliphatic rings. The normalized spacial score (nSPS) is 14.4. The van der Waals surface area contributed by atoms with Gasteiger partial charge < -0.3 is 14.6 Å². The van der Waals surface area contributed by atoms with Crippen LogP contribution in [0.1, 0.15) is 18.4 Å². The Hall–Kier alpha value is -2.64. The molecule has 0 saturated heterocycles. The summed E-state index contributed by atoms with van der Waals surface area (Å²) in [6.45, 7) is 6.41. The van der Waals surface area contributed by atoms with E-state index in [2.05, 4.69) is 23.6 Å². The van der Waals surface area contributed by atoms with Crippen molar-refractivity contribution < 1.29 is 14.6 Å². The first-order valence-corrected chi connectivity index (χ1v) is 12.0. The fourth-order valence-corrected chi connectivity index (χ4v) is 4.12. The predicted molar refractivity (Wildman–Crippen MR) is 135 cm³/mol. The van der Waals surface area contributed by atoms with Crippen molar-refractivity contribution in [3.05, 3.63) is 77.8 Å². The van der Waals surface area contributed by atoms with Crippen LogP contribution in [0.5, 0.6) is 11.6 Å². The molecule has 34 heavy (non-hydrogen) atoms. The minimum atomic E-state index is -0.587. The summed E-state index contributed by atoms with van der Waals surface area (Å²) in [5.74, 6) is 2.04. The van der Waals surface area contributed by atoms with Gasteiger partial charge in [0.25, 0.3) is 0 Å². The molecule has 0 amide bonds. The number of aliphatic hydroxyl groups excluding tert-OH is 1. The van der Waals surface area contributed by atoms with Gasteiger partial charge in [0.1, 0.15) is 11.4 Å². The molecule has 7 heteroatoms. The SMILES string of the molecule is C=CCOC[C@@H](O)CN(Cc1c(-c2ccccc2)nn(C)c1Oc1ccc(Cl)cc1)CC1CC1. The van der Waals surface area contributed by atoms with Crippen LogP contribution >= 0.6 is 11.6 Å². The third-order valence-corrected chi connectivity index (χ3v) is 6.03. The summed E-state index contributed by atoms with van der Waals surface area (Å²) in [4.78, 5) is 2.29. The third-order valence-electron chi connectivity index (χ3n) is 5.77. The molecular formula is C27H32ClN3O3. The lowest BCUT2D eigenvalue weighted by molar-refractivity contribution is 0.0235. The predicted octanol–water partition coefficient (Wildman–Crippen LogP) is 5.31. The lowest BCUT2D eigenvalue weighted by atomic mass is 10.1. The number of halogens is 1. The maximum absolute atomic E-state index is 10.6. The first kappa shape index (κ1) is 24.5. The van der Waals surface area contributed by atoms with E-state index in [1.165, 1.54) is 12.8 Å². The zero-order valence-corrected chi connectivity index (χ0v) is 20.3. The van der Waals surface area contributed by atoms with Crippen LogP contribution in [-0.4, -0.2) is 52.2 Å². The molecule has 0 aliphatic heterocycles. The van der Waals surface area contributed by atoms with Gasteiger partial charge in [0.05, 0.1) is 24.9 Å². The van der Waals surface area contributed by atoms with Gasteiger partial charge in [-0.3, -0.25) is 4.90 Å². The molecule has 6 nitrogen and oxygen atoms in total. The van der Waals surface area contributed by atoms with E-state index < -0.39 is 6.10 Å². The Kier molecular flexibility index (Phi) is 8.40. The van der Waals surface area contributed by atoms with E-state index in [9.17, 15) is 5.11 Å². The first-order valence-electron chi connectivity index (χ1n) is 11.7. The van der Waals surface area contributed by atoms with Crippen molar-refractivity contribution in [2.45, 2.75) is 25.5 Å². The van der Waals surface area contributed by atoms with Crippen molar-refractivity contribution in [1.82, 2.24) is 14.7 Å². The zero-order valence-electron chi connectivity index (χ0n) is 19.6. The second-order valence-electron chi connectivity index (χ2n) is 8.80. The van der Waals surface area contributed by atoms with E-state index >= 15 is 0 Å². The number of aliphatic hydroxyl groups is 1. The molecular weight excluding hydrogens is 450 g/mol. The smallest absolute Gasteiger partial charge is 0.222 e. The average Bonchev–Trinajstić information content (AvgIpc) is 3.60. The molecule has 1 saturated carbocycles. The highest BCUT2D eigenvalue weighted by atomic mass is 35.5. The Bertz CT molecular complexity index is 1060. The molecule has 1 fully saturated rings. The summed E-state index contributed by atoms with van der Waals surface area (Å²) < 4.78 is 13.6. The van der Waals surface area contributed by atoms with E-state index in [0.717, 1.165) is 23.4 Å². The van der Waals surface area contributed by atoms with Crippen molar-refractivity contribution in [2.24, 2.45) is 13.0 Å². The number of aryl methyl sites for hydroxylation is 1. The number of rotatable bonds is 13. The molecule has 2 aromatic carbocycles. The number of benzene rings is 2. The van der Waals surface area contributed by atoms with Crippen LogP contribution in [0.15, 0.2) is 67.3 Å². The minimum Gasteiger partial charge on any atom is -0.439 e.